The van der Waals surface area contributed by atoms with E-state index in [1.54, 1.807) is 6.20 Å². The van der Waals surface area contributed by atoms with Crippen molar-refractivity contribution in [2.45, 2.75) is 46.8 Å². The number of benzene rings is 1. The molecule has 3 heterocycles. The smallest absolute Gasteiger partial charge is 0.274 e. The molecule has 0 amide bonds. The maximum Gasteiger partial charge on any atom is 0.274 e. The molecule has 1 aromatic carbocycles. The van der Waals surface area contributed by atoms with Crippen molar-refractivity contribution in [3.8, 4) is 0 Å². The van der Waals surface area contributed by atoms with Gasteiger partial charge < -0.3 is 15.2 Å². The normalized spacial score (nSPS) is 12.5. The summed E-state index contributed by atoms with van der Waals surface area (Å²) in [5, 5.41) is 3.46. The van der Waals surface area contributed by atoms with Crippen LogP contribution in [0.15, 0.2) is 41.3 Å². The van der Waals surface area contributed by atoms with Crippen LogP contribution in [0.5, 0.6) is 0 Å². The number of H-pyrrole nitrogens is 1. The molecule has 0 saturated heterocycles. The molecule has 0 fully saturated rings. The Bertz CT molecular complexity index is 1290. The fourth-order valence-electron chi connectivity index (χ4n) is 4.25. The molecule has 0 saturated carbocycles. The summed E-state index contributed by atoms with van der Waals surface area (Å²) in [6.07, 6.45) is 2.35. The molecule has 2 N–H and O–H groups in total. The lowest BCUT2D eigenvalue weighted by Gasteiger charge is -2.28. The van der Waals surface area contributed by atoms with Crippen LogP contribution in [0.2, 0.25) is 0 Å². The van der Waals surface area contributed by atoms with Crippen LogP contribution in [0.3, 0.4) is 0 Å². The van der Waals surface area contributed by atoms with Crippen LogP contribution >= 0.6 is 0 Å². The number of aromatic amines is 1. The summed E-state index contributed by atoms with van der Waals surface area (Å²) in [6.45, 7) is 10.9. The van der Waals surface area contributed by atoms with E-state index >= 15 is 0 Å². The van der Waals surface area contributed by atoms with Gasteiger partial charge in [-0.3, -0.25) is 14.1 Å². The standard InChI is InChI=1S/C24H32N8O/c1-6-19-25-14-18-23(33)27-20-21(30(5)15-17-12-10-9-11-13-17)28-24(29-22(20)32(18)19)26-16(4)31(7-2)8-3/h9-14,16H,6-8,15H2,1-5H3,(H,27,33)(H,26,28,29). The molecule has 0 aliphatic heterocycles. The number of aromatic nitrogens is 5. The Kier molecular flexibility index (Phi) is 6.60. The molecule has 4 aromatic rings. The number of anilines is 2. The highest BCUT2D eigenvalue weighted by Crippen LogP contribution is 2.25. The molecule has 33 heavy (non-hydrogen) atoms. The van der Waals surface area contributed by atoms with Crippen LogP contribution in [-0.4, -0.2) is 55.5 Å². The minimum Gasteiger partial charge on any atom is -0.353 e. The van der Waals surface area contributed by atoms with Crippen LogP contribution in [0.4, 0.5) is 11.8 Å². The molecule has 0 bridgehead atoms. The van der Waals surface area contributed by atoms with Gasteiger partial charge in [-0.15, -0.1) is 0 Å². The van der Waals surface area contributed by atoms with Crippen molar-refractivity contribution in [2.24, 2.45) is 0 Å². The highest BCUT2D eigenvalue weighted by molar-refractivity contribution is 5.86. The maximum absolute atomic E-state index is 12.9. The summed E-state index contributed by atoms with van der Waals surface area (Å²) >= 11 is 0. The number of hydrogen-bond acceptors (Lipinski definition) is 7. The van der Waals surface area contributed by atoms with Crippen LogP contribution in [-0.2, 0) is 13.0 Å². The summed E-state index contributed by atoms with van der Waals surface area (Å²) in [5.74, 6) is 1.97. The van der Waals surface area contributed by atoms with E-state index in [0.717, 1.165) is 24.5 Å². The second kappa shape index (κ2) is 9.58. The minimum atomic E-state index is -0.204. The van der Waals surface area contributed by atoms with Crippen LogP contribution in [0.1, 0.15) is 39.1 Å². The number of nitrogens with zero attached hydrogens (tertiary/aromatic N) is 6. The first-order valence-electron chi connectivity index (χ1n) is 11.5. The fraction of sp³-hybridized carbons (Fsp3) is 0.417. The molecule has 174 valence electrons. The van der Waals surface area contributed by atoms with E-state index in [2.05, 4.69) is 53.1 Å². The zero-order valence-corrected chi connectivity index (χ0v) is 20.0. The average molecular weight is 449 g/mol. The van der Waals surface area contributed by atoms with Gasteiger partial charge in [-0.05, 0) is 25.6 Å². The molecular formula is C24H32N8O. The average Bonchev–Trinajstić information content (AvgIpc) is 3.26. The third kappa shape index (κ3) is 4.41. The maximum atomic E-state index is 12.9. The van der Waals surface area contributed by atoms with Gasteiger partial charge in [0.05, 0.1) is 12.4 Å². The van der Waals surface area contributed by atoms with Crippen molar-refractivity contribution in [1.82, 2.24) is 29.2 Å². The first-order valence-corrected chi connectivity index (χ1v) is 11.5. The predicted octanol–water partition coefficient (Wildman–Crippen LogP) is 3.26. The highest BCUT2D eigenvalue weighted by atomic mass is 16.1. The number of hydrogen-bond donors (Lipinski definition) is 2. The monoisotopic (exact) mass is 448 g/mol. The van der Waals surface area contributed by atoms with Gasteiger partial charge in [-0.1, -0.05) is 51.1 Å². The largest absolute Gasteiger partial charge is 0.353 e. The van der Waals surface area contributed by atoms with E-state index in [-0.39, 0.29) is 11.7 Å². The van der Waals surface area contributed by atoms with Crippen molar-refractivity contribution < 1.29 is 0 Å². The number of rotatable bonds is 9. The van der Waals surface area contributed by atoms with E-state index in [1.807, 2.05) is 41.5 Å². The number of aryl methyl sites for hydroxylation is 1. The Labute approximate surface area is 193 Å². The zero-order chi connectivity index (χ0) is 23.5. The molecule has 1 atom stereocenters. The molecule has 3 aromatic heterocycles. The van der Waals surface area contributed by atoms with E-state index in [9.17, 15) is 4.79 Å². The van der Waals surface area contributed by atoms with Gasteiger partial charge in [0.15, 0.2) is 11.5 Å². The molecule has 0 aliphatic rings. The fourth-order valence-corrected chi connectivity index (χ4v) is 4.25. The van der Waals surface area contributed by atoms with Gasteiger partial charge in [0.25, 0.3) is 5.56 Å². The third-order valence-electron chi connectivity index (χ3n) is 6.03. The highest BCUT2D eigenvalue weighted by Gasteiger charge is 2.20. The Balaban J connectivity index is 1.90. The van der Waals surface area contributed by atoms with Crippen molar-refractivity contribution in [3.05, 3.63) is 58.3 Å². The van der Waals surface area contributed by atoms with Crippen LogP contribution in [0, 0.1) is 0 Å². The second-order valence-electron chi connectivity index (χ2n) is 8.16. The van der Waals surface area contributed by atoms with Gasteiger partial charge in [0, 0.05) is 20.0 Å². The Morgan fingerprint density at radius 3 is 2.52 bits per heavy atom. The molecule has 0 radical (unpaired) electrons. The van der Waals surface area contributed by atoms with Crippen molar-refractivity contribution in [2.75, 3.05) is 30.4 Å². The molecule has 9 nitrogen and oxygen atoms in total. The lowest BCUT2D eigenvalue weighted by molar-refractivity contribution is 0.252. The molecule has 0 aliphatic carbocycles. The SMILES string of the molecule is CCc1ncc2c(=O)[nH]c3c(N(C)Cc4ccccc4)nc(NC(C)N(CC)CC)nc3n12. The van der Waals surface area contributed by atoms with Gasteiger partial charge in [-0.2, -0.15) is 9.97 Å². The van der Waals surface area contributed by atoms with Gasteiger partial charge >= 0.3 is 0 Å². The Morgan fingerprint density at radius 1 is 1.12 bits per heavy atom. The van der Waals surface area contributed by atoms with Gasteiger partial charge in [-0.25, -0.2) is 4.98 Å². The summed E-state index contributed by atoms with van der Waals surface area (Å²) in [7, 11) is 1.98. The first kappa shape index (κ1) is 22.7. The van der Waals surface area contributed by atoms with Gasteiger partial charge in [0.1, 0.15) is 16.9 Å². The van der Waals surface area contributed by atoms with Crippen molar-refractivity contribution >= 4 is 28.4 Å². The summed E-state index contributed by atoms with van der Waals surface area (Å²) in [4.78, 5) is 34.4. The quantitative estimate of drug-likeness (QED) is 0.380. The summed E-state index contributed by atoms with van der Waals surface area (Å²) in [5.41, 5.74) is 2.66. The number of fused-ring (bicyclic) bond motifs is 3. The topological polar surface area (TPSA) is 94.4 Å². The predicted molar refractivity (Wildman–Crippen MR) is 133 cm³/mol. The lowest BCUT2D eigenvalue weighted by atomic mass is 10.2. The van der Waals surface area contributed by atoms with E-state index in [1.165, 1.54) is 0 Å². The van der Waals surface area contributed by atoms with Crippen molar-refractivity contribution in [1.29, 1.82) is 0 Å². The van der Waals surface area contributed by atoms with Crippen molar-refractivity contribution in [3.63, 3.8) is 0 Å². The zero-order valence-electron chi connectivity index (χ0n) is 20.0. The second-order valence-corrected chi connectivity index (χ2v) is 8.16. The molecular weight excluding hydrogens is 416 g/mol. The molecule has 4 rings (SSSR count). The summed E-state index contributed by atoms with van der Waals surface area (Å²) < 4.78 is 1.85. The molecule has 1 unspecified atom stereocenters. The van der Waals surface area contributed by atoms with E-state index in [4.69, 9.17) is 9.97 Å². The Morgan fingerprint density at radius 2 is 1.85 bits per heavy atom. The van der Waals surface area contributed by atoms with Crippen LogP contribution in [0.25, 0.3) is 16.7 Å². The first-order chi connectivity index (χ1) is 16.0. The molecule has 9 heteroatoms. The van der Waals surface area contributed by atoms with Crippen LogP contribution < -0.4 is 15.8 Å². The minimum absolute atomic E-state index is 0.0522. The third-order valence-corrected chi connectivity index (χ3v) is 6.03. The number of nitrogens with one attached hydrogen (secondary N) is 2. The lowest BCUT2D eigenvalue weighted by Crippen LogP contribution is -2.39. The Hall–Kier alpha value is -3.46. The van der Waals surface area contributed by atoms with Gasteiger partial charge in [0.2, 0.25) is 5.95 Å². The molecule has 0 spiro atoms. The van der Waals surface area contributed by atoms with E-state index < -0.39 is 0 Å². The van der Waals surface area contributed by atoms with E-state index in [0.29, 0.717) is 41.4 Å². The number of imidazole rings is 1. The summed E-state index contributed by atoms with van der Waals surface area (Å²) in [6, 6.07) is 10.2.